The summed E-state index contributed by atoms with van der Waals surface area (Å²) in [6, 6.07) is 37.0. The fourth-order valence-electron chi connectivity index (χ4n) is 6.88. The molecular formula is C41H48O7S. The zero-order valence-corrected chi connectivity index (χ0v) is 29.8. The molecule has 0 aromatic heterocycles. The molecule has 4 aromatic rings. The number of hydrogen-bond donors (Lipinski definition) is 0. The second kappa shape index (κ2) is 14.8. The number of fused-ring (bicyclic) bond motifs is 1. The summed E-state index contributed by atoms with van der Waals surface area (Å²) in [6.07, 6.45) is -2.59. The van der Waals surface area contributed by atoms with Gasteiger partial charge in [-0.25, -0.2) is 8.42 Å². The van der Waals surface area contributed by atoms with Crippen LogP contribution in [0.15, 0.2) is 115 Å². The van der Waals surface area contributed by atoms with E-state index in [0.717, 1.165) is 28.0 Å². The Morgan fingerprint density at radius 1 is 0.592 bits per heavy atom. The Kier molecular flexibility index (Phi) is 10.6. The zero-order valence-electron chi connectivity index (χ0n) is 29.0. The van der Waals surface area contributed by atoms with Gasteiger partial charge in [0.15, 0.2) is 15.6 Å². The largest absolute Gasteiger partial charge is 0.488 e. The van der Waals surface area contributed by atoms with E-state index < -0.39 is 50.5 Å². The van der Waals surface area contributed by atoms with E-state index in [2.05, 4.69) is 0 Å². The normalized spacial score (nSPS) is 26.1. The third-order valence-electron chi connectivity index (χ3n) is 9.02. The van der Waals surface area contributed by atoms with Crippen LogP contribution in [0, 0.1) is 0 Å². The van der Waals surface area contributed by atoms with Gasteiger partial charge in [-0.2, -0.15) is 0 Å². The zero-order chi connectivity index (χ0) is 34.6. The van der Waals surface area contributed by atoms with Gasteiger partial charge in [0.25, 0.3) is 0 Å². The molecule has 2 aliphatic rings. The summed E-state index contributed by atoms with van der Waals surface area (Å²) in [6.45, 7) is 10.2. The molecule has 0 spiro atoms. The minimum absolute atomic E-state index is 0.224. The highest BCUT2D eigenvalue weighted by Gasteiger charge is 2.60. The first-order valence-electron chi connectivity index (χ1n) is 17.1. The fourth-order valence-corrected chi connectivity index (χ4v) is 9.39. The average Bonchev–Trinajstić information content (AvgIpc) is 3.37. The molecule has 6 rings (SSSR count). The second-order valence-electron chi connectivity index (χ2n) is 14.5. The molecule has 0 amide bonds. The molecule has 8 heteroatoms. The SMILES string of the molecule is CC(C)(C)Oc1ccc(C[C@@H]2[C@H](OCc3ccccc3)[C@@H]3OC(C)(C)O[C@H]3[C@@H](OCc3ccccc3)[C@@H](Cc3ccccc3)S2(=O)=O)cc1. The van der Waals surface area contributed by atoms with Crippen molar-refractivity contribution in [2.24, 2.45) is 0 Å². The summed E-state index contributed by atoms with van der Waals surface area (Å²) in [5.74, 6) is -0.255. The van der Waals surface area contributed by atoms with Crippen LogP contribution in [0.5, 0.6) is 5.75 Å². The van der Waals surface area contributed by atoms with E-state index in [9.17, 15) is 0 Å². The maximum Gasteiger partial charge on any atom is 0.164 e. The predicted molar refractivity (Wildman–Crippen MR) is 191 cm³/mol. The number of rotatable bonds is 11. The number of sulfone groups is 1. The average molecular weight is 685 g/mol. The van der Waals surface area contributed by atoms with Crippen LogP contribution in [0.25, 0.3) is 0 Å². The molecule has 0 bridgehead atoms. The molecule has 4 aromatic carbocycles. The van der Waals surface area contributed by atoms with Gasteiger partial charge in [0.1, 0.15) is 35.8 Å². The Bertz CT molecular complexity index is 1740. The van der Waals surface area contributed by atoms with E-state index in [1.54, 1.807) is 0 Å². The van der Waals surface area contributed by atoms with Crippen molar-refractivity contribution < 1.29 is 32.1 Å². The molecule has 49 heavy (non-hydrogen) atoms. The molecule has 6 atom stereocenters. The van der Waals surface area contributed by atoms with Crippen LogP contribution in [0.1, 0.15) is 56.9 Å². The van der Waals surface area contributed by atoms with Crippen LogP contribution in [0.4, 0.5) is 0 Å². The predicted octanol–water partition coefficient (Wildman–Crippen LogP) is 7.51. The van der Waals surface area contributed by atoms with Crippen LogP contribution in [-0.4, -0.2) is 54.7 Å². The van der Waals surface area contributed by atoms with Gasteiger partial charge < -0.3 is 23.7 Å². The molecule has 2 aliphatic heterocycles. The van der Waals surface area contributed by atoms with Gasteiger partial charge in [0, 0.05) is 0 Å². The first kappa shape index (κ1) is 35.3. The highest BCUT2D eigenvalue weighted by Crippen LogP contribution is 2.43. The molecule has 2 heterocycles. The highest BCUT2D eigenvalue weighted by atomic mass is 32.2. The van der Waals surface area contributed by atoms with Crippen LogP contribution in [0.2, 0.25) is 0 Å². The lowest BCUT2D eigenvalue weighted by molar-refractivity contribution is -0.167. The van der Waals surface area contributed by atoms with Crippen LogP contribution >= 0.6 is 0 Å². The van der Waals surface area contributed by atoms with Gasteiger partial charge in [-0.1, -0.05) is 103 Å². The molecular weight excluding hydrogens is 637 g/mol. The molecule has 0 radical (unpaired) electrons. The highest BCUT2D eigenvalue weighted by molar-refractivity contribution is 7.92. The molecule has 0 aliphatic carbocycles. The summed E-state index contributed by atoms with van der Waals surface area (Å²) in [5.41, 5.74) is 3.30. The Labute approximate surface area is 291 Å². The third-order valence-corrected chi connectivity index (χ3v) is 11.6. The number of ether oxygens (including phenoxy) is 5. The maximum absolute atomic E-state index is 15.3. The summed E-state index contributed by atoms with van der Waals surface area (Å²) >= 11 is 0. The molecule has 7 nitrogen and oxygen atoms in total. The smallest absolute Gasteiger partial charge is 0.164 e. The van der Waals surface area contributed by atoms with Crippen LogP contribution < -0.4 is 4.74 Å². The van der Waals surface area contributed by atoms with E-state index in [1.165, 1.54) is 0 Å². The molecule has 0 saturated carbocycles. The van der Waals surface area contributed by atoms with Crippen molar-refractivity contribution in [3.63, 3.8) is 0 Å². The van der Waals surface area contributed by atoms with Crippen molar-refractivity contribution in [3.05, 3.63) is 138 Å². The quantitative estimate of drug-likeness (QED) is 0.162. The molecule has 0 N–H and O–H groups in total. The lowest BCUT2D eigenvalue weighted by Gasteiger charge is -2.32. The monoisotopic (exact) mass is 684 g/mol. The summed E-state index contributed by atoms with van der Waals surface area (Å²) in [5, 5.41) is -1.88. The van der Waals surface area contributed by atoms with E-state index in [0.29, 0.717) is 0 Å². The minimum Gasteiger partial charge on any atom is -0.488 e. The van der Waals surface area contributed by atoms with Gasteiger partial charge in [-0.3, -0.25) is 0 Å². The van der Waals surface area contributed by atoms with Gasteiger partial charge in [-0.15, -0.1) is 0 Å². The molecule has 2 saturated heterocycles. The molecule has 260 valence electrons. The summed E-state index contributed by atoms with van der Waals surface area (Å²) in [4.78, 5) is 0. The topological polar surface area (TPSA) is 80.3 Å². The van der Waals surface area contributed by atoms with Crippen molar-refractivity contribution in [2.45, 2.75) is 107 Å². The van der Waals surface area contributed by atoms with Crippen LogP contribution in [-0.2, 0) is 54.8 Å². The van der Waals surface area contributed by atoms with Crippen molar-refractivity contribution in [1.29, 1.82) is 0 Å². The minimum atomic E-state index is -3.96. The van der Waals surface area contributed by atoms with Crippen LogP contribution in [0.3, 0.4) is 0 Å². The van der Waals surface area contributed by atoms with E-state index in [-0.39, 0.29) is 31.7 Å². The Hall–Kier alpha value is -3.53. The summed E-state index contributed by atoms with van der Waals surface area (Å²) < 4.78 is 63.4. The van der Waals surface area contributed by atoms with Crippen molar-refractivity contribution in [1.82, 2.24) is 0 Å². The van der Waals surface area contributed by atoms with E-state index >= 15 is 8.42 Å². The Morgan fingerprint density at radius 3 is 1.39 bits per heavy atom. The first-order chi connectivity index (χ1) is 23.4. The second-order valence-corrected chi connectivity index (χ2v) is 16.9. The van der Waals surface area contributed by atoms with Gasteiger partial charge in [0.2, 0.25) is 0 Å². The number of benzene rings is 4. The van der Waals surface area contributed by atoms with Crippen molar-refractivity contribution in [3.8, 4) is 5.75 Å². The van der Waals surface area contributed by atoms with Gasteiger partial charge in [-0.05, 0) is 81.8 Å². The summed E-state index contributed by atoms with van der Waals surface area (Å²) in [7, 11) is -3.96. The Morgan fingerprint density at radius 2 is 0.980 bits per heavy atom. The first-order valence-corrected chi connectivity index (χ1v) is 18.7. The van der Waals surface area contributed by atoms with E-state index in [4.69, 9.17) is 23.7 Å². The van der Waals surface area contributed by atoms with Crippen molar-refractivity contribution >= 4 is 9.84 Å². The van der Waals surface area contributed by atoms with Gasteiger partial charge in [0.05, 0.1) is 23.7 Å². The molecule has 0 unspecified atom stereocenters. The Balaban J connectivity index is 1.44. The molecule has 2 fully saturated rings. The lowest BCUT2D eigenvalue weighted by atomic mass is 9.94. The fraction of sp³-hybridized carbons (Fsp3) is 0.415. The van der Waals surface area contributed by atoms with E-state index in [1.807, 2.05) is 150 Å². The third kappa shape index (κ3) is 8.80. The lowest BCUT2D eigenvalue weighted by Crippen LogP contribution is -2.48. The van der Waals surface area contributed by atoms with Gasteiger partial charge >= 0.3 is 0 Å². The maximum atomic E-state index is 15.3. The number of hydrogen-bond acceptors (Lipinski definition) is 7. The van der Waals surface area contributed by atoms with Crippen molar-refractivity contribution in [2.75, 3.05) is 0 Å². The standard InChI is InChI=1S/C41H48O7S/c1-40(2,3)46-33-23-21-30(22-24-33)26-35-37(45-28-32-19-13-8-14-20-32)39-38(47-41(4,5)48-39)36(44-27-31-17-11-7-12-18-31)34(49(35,42)43)25-29-15-9-6-10-16-29/h6-24,34-39H,25-28H2,1-5H3/t34-,35-,36+,37+,38+,39+/m1/s1.